The van der Waals surface area contributed by atoms with Gasteiger partial charge in [-0.3, -0.25) is 14.8 Å². The second-order valence-corrected chi connectivity index (χ2v) is 5.29. The van der Waals surface area contributed by atoms with Crippen molar-refractivity contribution in [3.8, 4) is 5.75 Å². The molecule has 1 amide bonds. The lowest BCUT2D eigenvalue weighted by molar-refractivity contribution is 0.102. The number of ether oxygens (including phenoxy) is 1. The number of carbonyl (C=O) groups is 1. The zero-order chi connectivity index (χ0) is 17.5. The van der Waals surface area contributed by atoms with Crippen LogP contribution < -0.4 is 15.4 Å². The fraction of sp³-hybridized carbons (Fsp3) is 0.105. The lowest BCUT2D eigenvalue weighted by Crippen LogP contribution is -2.14. The molecule has 6 nitrogen and oxygen atoms in total. The highest BCUT2D eigenvalue weighted by molar-refractivity contribution is 6.03. The van der Waals surface area contributed by atoms with E-state index < -0.39 is 0 Å². The normalized spacial score (nSPS) is 10.1. The van der Waals surface area contributed by atoms with Gasteiger partial charge in [-0.1, -0.05) is 12.1 Å². The summed E-state index contributed by atoms with van der Waals surface area (Å²) in [5, 5.41) is 6.05. The number of rotatable bonds is 6. The molecule has 2 aromatic heterocycles. The summed E-state index contributed by atoms with van der Waals surface area (Å²) in [5.74, 6) is 0.395. The summed E-state index contributed by atoms with van der Waals surface area (Å²) in [4.78, 5) is 20.8. The van der Waals surface area contributed by atoms with Gasteiger partial charge in [0.05, 0.1) is 19.3 Å². The van der Waals surface area contributed by atoms with Crippen LogP contribution in [0, 0.1) is 0 Å². The van der Waals surface area contributed by atoms with E-state index in [2.05, 4.69) is 20.6 Å². The van der Waals surface area contributed by atoms with E-state index in [9.17, 15) is 4.79 Å². The second-order valence-electron chi connectivity index (χ2n) is 5.29. The third kappa shape index (κ3) is 4.54. The van der Waals surface area contributed by atoms with Crippen LogP contribution in [-0.4, -0.2) is 23.0 Å². The first-order valence-electron chi connectivity index (χ1n) is 7.80. The van der Waals surface area contributed by atoms with Gasteiger partial charge in [-0.05, 0) is 36.4 Å². The van der Waals surface area contributed by atoms with E-state index in [-0.39, 0.29) is 5.91 Å². The van der Waals surface area contributed by atoms with Crippen LogP contribution in [0.1, 0.15) is 16.2 Å². The maximum Gasteiger partial charge on any atom is 0.274 e. The molecule has 0 radical (unpaired) electrons. The van der Waals surface area contributed by atoms with Crippen LogP contribution in [0.15, 0.2) is 67.0 Å². The van der Waals surface area contributed by atoms with Crippen LogP contribution in [0.25, 0.3) is 0 Å². The number of anilines is 2. The lowest BCUT2D eigenvalue weighted by Gasteiger charge is -2.09. The molecule has 2 N–H and O–H groups in total. The van der Waals surface area contributed by atoms with E-state index in [4.69, 9.17) is 4.74 Å². The molecule has 126 valence electrons. The Kier molecular flexibility index (Phi) is 5.21. The number of aromatic nitrogens is 2. The predicted octanol–water partition coefficient (Wildman–Crippen LogP) is 3.35. The summed E-state index contributed by atoms with van der Waals surface area (Å²) in [7, 11) is 1.58. The van der Waals surface area contributed by atoms with Crippen molar-refractivity contribution in [3.63, 3.8) is 0 Å². The maximum atomic E-state index is 12.4. The molecule has 25 heavy (non-hydrogen) atoms. The monoisotopic (exact) mass is 334 g/mol. The third-order valence-electron chi connectivity index (χ3n) is 3.52. The van der Waals surface area contributed by atoms with Gasteiger partial charge in [-0.25, -0.2) is 0 Å². The number of nitrogens with zero attached hydrogens (tertiary/aromatic N) is 2. The van der Waals surface area contributed by atoms with E-state index in [0.717, 1.165) is 11.4 Å². The Morgan fingerprint density at radius 1 is 1.00 bits per heavy atom. The van der Waals surface area contributed by atoms with E-state index in [1.54, 1.807) is 37.7 Å². The summed E-state index contributed by atoms with van der Waals surface area (Å²) in [6.07, 6.45) is 3.35. The molecule has 0 atom stereocenters. The molecule has 0 saturated carbocycles. The topological polar surface area (TPSA) is 76.1 Å². The smallest absolute Gasteiger partial charge is 0.274 e. The zero-order valence-corrected chi connectivity index (χ0v) is 13.8. The standard InChI is InChI=1S/C19H18N4O2/c1-25-17-7-4-6-15(11-17)23-19(24)18-12-14(8-10-21-18)22-13-16-5-2-3-9-20-16/h2-12H,13H2,1H3,(H,21,22)(H,23,24). The van der Waals surface area contributed by atoms with Gasteiger partial charge in [0, 0.05) is 29.8 Å². The Morgan fingerprint density at radius 2 is 1.92 bits per heavy atom. The van der Waals surface area contributed by atoms with Crippen molar-refractivity contribution in [2.45, 2.75) is 6.54 Å². The van der Waals surface area contributed by atoms with Gasteiger partial charge < -0.3 is 15.4 Å². The largest absolute Gasteiger partial charge is 0.497 e. The van der Waals surface area contributed by atoms with Crippen molar-refractivity contribution in [2.24, 2.45) is 0 Å². The quantitative estimate of drug-likeness (QED) is 0.723. The Morgan fingerprint density at radius 3 is 2.72 bits per heavy atom. The van der Waals surface area contributed by atoms with E-state index in [0.29, 0.717) is 23.7 Å². The highest BCUT2D eigenvalue weighted by atomic mass is 16.5. The molecule has 1 aromatic carbocycles. The van der Waals surface area contributed by atoms with Crippen LogP contribution in [0.4, 0.5) is 11.4 Å². The number of benzene rings is 1. The van der Waals surface area contributed by atoms with Crippen molar-refractivity contribution in [2.75, 3.05) is 17.7 Å². The molecule has 6 heteroatoms. The minimum Gasteiger partial charge on any atom is -0.497 e. The minimum atomic E-state index is -0.283. The Balaban J connectivity index is 1.66. The molecular weight excluding hydrogens is 316 g/mol. The lowest BCUT2D eigenvalue weighted by atomic mass is 10.2. The number of methoxy groups -OCH3 is 1. The summed E-state index contributed by atoms with van der Waals surface area (Å²) in [6, 6.07) is 16.4. The molecule has 0 spiro atoms. The van der Waals surface area contributed by atoms with Crippen LogP contribution in [0.5, 0.6) is 5.75 Å². The molecule has 0 unspecified atom stereocenters. The number of pyridine rings is 2. The molecule has 3 aromatic rings. The van der Waals surface area contributed by atoms with Gasteiger partial charge in [0.25, 0.3) is 5.91 Å². The minimum absolute atomic E-state index is 0.283. The van der Waals surface area contributed by atoms with Crippen molar-refractivity contribution in [1.29, 1.82) is 0 Å². The molecule has 0 aliphatic carbocycles. The summed E-state index contributed by atoms with van der Waals surface area (Å²) in [6.45, 7) is 0.571. The third-order valence-corrected chi connectivity index (χ3v) is 3.52. The summed E-state index contributed by atoms with van der Waals surface area (Å²) < 4.78 is 5.15. The van der Waals surface area contributed by atoms with Gasteiger partial charge in [0.15, 0.2) is 0 Å². The van der Waals surface area contributed by atoms with Crippen molar-refractivity contribution >= 4 is 17.3 Å². The van der Waals surface area contributed by atoms with Crippen LogP contribution in [0.3, 0.4) is 0 Å². The SMILES string of the molecule is COc1cccc(NC(=O)c2cc(NCc3ccccn3)ccn2)c1. The van der Waals surface area contributed by atoms with E-state index in [1.165, 1.54) is 0 Å². The fourth-order valence-corrected chi connectivity index (χ4v) is 2.26. The molecule has 2 heterocycles. The number of hydrogen-bond donors (Lipinski definition) is 2. The number of carbonyl (C=O) groups excluding carboxylic acids is 1. The Bertz CT molecular complexity index is 853. The second kappa shape index (κ2) is 7.92. The first-order valence-corrected chi connectivity index (χ1v) is 7.80. The number of hydrogen-bond acceptors (Lipinski definition) is 5. The first-order chi connectivity index (χ1) is 12.2. The van der Waals surface area contributed by atoms with Crippen LogP contribution >= 0.6 is 0 Å². The predicted molar refractivity (Wildman–Crippen MR) is 96.7 cm³/mol. The molecule has 0 aliphatic heterocycles. The Labute approximate surface area is 145 Å². The van der Waals surface area contributed by atoms with Gasteiger partial charge >= 0.3 is 0 Å². The average Bonchev–Trinajstić information content (AvgIpc) is 2.67. The maximum absolute atomic E-state index is 12.4. The fourth-order valence-electron chi connectivity index (χ4n) is 2.26. The van der Waals surface area contributed by atoms with Gasteiger partial charge in [-0.2, -0.15) is 0 Å². The highest BCUT2D eigenvalue weighted by Gasteiger charge is 2.09. The average molecular weight is 334 g/mol. The summed E-state index contributed by atoms with van der Waals surface area (Å²) in [5.41, 5.74) is 2.70. The molecule has 0 saturated heterocycles. The van der Waals surface area contributed by atoms with E-state index in [1.807, 2.05) is 36.4 Å². The van der Waals surface area contributed by atoms with Crippen LogP contribution in [-0.2, 0) is 6.54 Å². The molecule has 3 rings (SSSR count). The Hall–Kier alpha value is -3.41. The van der Waals surface area contributed by atoms with E-state index >= 15 is 0 Å². The number of nitrogens with one attached hydrogen (secondary N) is 2. The molecular formula is C19H18N4O2. The molecule has 0 bridgehead atoms. The number of amides is 1. The van der Waals surface area contributed by atoms with Gasteiger partial charge in [-0.15, -0.1) is 0 Å². The van der Waals surface area contributed by atoms with Gasteiger partial charge in [0.1, 0.15) is 11.4 Å². The van der Waals surface area contributed by atoms with Crippen molar-refractivity contribution < 1.29 is 9.53 Å². The highest BCUT2D eigenvalue weighted by Crippen LogP contribution is 2.18. The van der Waals surface area contributed by atoms with Gasteiger partial charge in [0.2, 0.25) is 0 Å². The van der Waals surface area contributed by atoms with Crippen LogP contribution in [0.2, 0.25) is 0 Å². The molecule has 0 aliphatic rings. The zero-order valence-electron chi connectivity index (χ0n) is 13.8. The molecule has 0 fully saturated rings. The van der Waals surface area contributed by atoms with Crippen molar-refractivity contribution in [3.05, 3.63) is 78.4 Å². The first kappa shape index (κ1) is 16.4. The van der Waals surface area contributed by atoms with Crippen molar-refractivity contribution in [1.82, 2.24) is 9.97 Å². The summed E-state index contributed by atoms with van der Waals surface area (Å²) >= 11 is 0.